The summed E-state index contributed by atoms with van der Waals surface area (Å²) in [5.41, 5.74) is 0.592. The average Bonchev–Trinajstić information content (AvgIpc) is 2.52. The molecule has 6 heteroatoms. The zero-order chi connectivity index (χ0) is 16.1. The number of rotatable bonds is 3. The first-order valence-corrected chi connectivity index (χ1v) is 7.07. The van der Waals surface area contributed by atoms with Crippen LogP contribution in [0.5, 0.6) is 5.75 Å². The normalized spacial score (nSPS) is 15.2. The highest BCUT2D eigenvalue weighted by molar-refractivity contribution is 5.92. The zero-order valence-corrected chi connectivity index (χ0v) is 12.7. The van der Waals surface area contributed by atoms with E-state index in [2.05, 4.69) is 0 Å². The van der Waals surface area contributed by atoms with Crippen molar-refractivity contribution in [1.82, 2.24) is 9.80 Å². The van der Waals surface area contributed by atoms with Crippen molar-refractivity contribution < 1.29 is 18.7 Å². The fourth-order valence-corrected chi connectivity index (χ4v) is 2.30. The van der Waals surface area contributed by atoms with E-state index in [0.717, 1.165) is 0 Å². The van der Waals surface area contributed by atoms with Crippen molar-refractivity contribution in [2.75, 3.05) is 33.3 Å². The molecule has 2 rings (SSSR count). The quantitative estimate of drug-likeness (QED) is 0.796. The third-order valence-electron chi connectivity index (χ3n) is 3.63. The second-order valence-corrected chi connectivity index (χ2v) is 5.06. The Hall–Kier alpha value is -2.37. The molecule has 1 saturated heterocycles. The molecule has 1 aromatic carbocycles. The second kappa shape index (κ2) is 7.06. The largest absolute Gasteiger partial charge is 0.494 e. The van der Waals surface area contributed by atoms with E-state index in [9.17, 15) is 14.0 Å². The molecule has 0 N–H and O–H groups in total. The van der Waals surface area contributed by atoms with Crippen LogP contribution in [0.1, 0.15) is 12.5 Å². The number of benzene rings is 1. The van der Waals surface area contributed by atoms with Crippen molar-refractivity contribution in [1.29, 1.82) is 0 Å². The minimum Gasteiger partial charge on any atom is -0.494 e. The Bertz CT molecular complexity index is 593. The Labute approximate surface area is 129 Å². The lowest BCUT2D eigenvalue weighted by Crippen LogP contribution is -2.49. The first kappa shape index (κ1) is 16.0. The summed E-state index contributed by atoms with van der Waals surface area (Å²) in [7, 11) is 1.40. The number of ether oxygens (including phenoxy) is 1. The summed E-state index contributed by atoms with van der Waals surface area (Å²) < 4.78 is 18.4. The molecule has 0 atom stereocenters. The molecule has 22 heavy (non-hydrogen) atoms. The maximum atomic E-state index is 13.6. The van der Waals surface area contributed by atoms with Crippen LogP contribution in [0.15, 0.2) is 24.3 Å². The summed E-state index contributed by atoms with van der Waals surface area (Å²) in [6.07, 6.45) is 2.99. The third kappa shape index (κ3) is 3.84. The number of piperazine rings is 1. The summed E-state index contributed by atoms with van der Waals surface area (Å²) in [5.74, 6) is -0.410. The fourth-order valence-electron chi connectivity index (χ4n) is 2.30. The van der Waals surface area contributed by atoms with Crippen molar-refractivity contribution in [3.63, 3.8) is 0 Å². The summed E-state index contributed by atoms with van der Waals surface area (Å²) in [6, 6.07) is 4.51. The highest BCUT2D eigenvalue weighted by Gasteiger charge is 2.20. The summed E-state index contributed by atoms with van der Waals surface area (Å²) in [5, 5.41) is 0. The minimum absolute atomic E-state index is 0.0244. The molecule has 0 saturated carbocycles. The van der Waals surface area contributed by atoms with Gasteiger partial charge in [0.15, 0.2) is 11.6 Å². The number of nitrogens with zero attached hydrogens (tertiary/aromatic N) is 2. The van der Waals surface area contributed by atoms with Crippen LogP contribution < -0.4 is 4.74 Å². The molecule has 0 aliphatic carbocycles. The van der Waals surface area contributed by atoms with E-state index in [4.69, 9.17) is 4.74 Å². The number of halogens is 1. The van der Waals surface area contributed by atoms with Gasteiger partial charge in [0.05, 0.1) is 7.11 Å². The number of methoxy groups -OCH3 is 1. The van der Waals surface area contributed by atoms with Gasteiger partial charge in [0.1, 0.15) is 0 Å². The Kier molecular flexibility index (Phi) is 5.14. The topological polar surface area (TPSA) is 49.9 Å². The molecular formula is C16H19FN2O3. The first-order chi connectivity index (χ1) is 10.5. The van der Waals surface area contributed by atoms with Crippen molar-refractivity contribution in [2.24, 2.45) is 0 Å². The Morgan fingerprint density at radius 2 is 1.82 bits per heavy atom. The molecule has 0 aromatic heterocycles. The van der Waals surface area contributed by atoms with Gasteiger partial charge in [-0.05, 0) is 23.8 Å². The molecule has 1 fully saturated rings. The van der Waals surface area contributed by atoms with Crippen LogP contribution >= 0.6 is 0 Å². The van der Waals surface area contributed by atoms with Gasteiger partial charge < -0.3 is 14.5 Å². The molecule has 1 aliphatic rings. The summed E-state index contributed by atoms with van der Waals surface area (Å²) in [4.78, 5) is 26.7. The highest BCUT2D eigenvalue weighted by atomic mass is 19.1. The standard InChI is InChI=1S/C16H19FN2O3/c1-12(20)18-7-9-19(10-8-18)16(21)6-4-13-3-5-15(22-2)14(17)11-13/h3-6,11H,7-10H2,1-2H3/b6-4-. The first-order valence-electron chi connectivity index (χ1n) is 7.07. The van der Waals surface area contributed by atoms with Crippen LogP contribution in [-0.4, -0.2) is 54.9 Å². The molecular weight excluding hydrogens is 287 g/mol. The van der Waals surface area contributed by atoms with Gasteiger partial charge in [-0.1, -0.05) is 6.07 Å². The SMILES string of the molecule is COc1ccc(/C=C\C(=O)N2CCN(C(C)=O)CC2)cc1F. The molecule has 5 nitrogen and oxygen atoms in total. The Morgan fingerprint density at radius 1 is 1.18 bits per heavy atom. The van der Waals surface area contributed by atoms with Gasteiger partial charge >= 0.3 is 0 Å². The number of amides is 2. The van der Waals surface area contributed by atoms with Crippen LogP contribution in [0, 0.1) is 5.82 Å². The lowest BCUT2D eigenvalue weighted by atomic mass is 10.2. The van der Waals surface area contributed by atoms with Gasteiger partial charge in [0, 0.05) is 39.2 Å². The predicted octanol–water partition coefficient (Wildman–Crippen LogP) is 1.54. The Morgan fingerprint density at radius 3 is 2.36 bits per heavy atom. The lowest BCUT2D eigenvalue weighted by Gasteiger charge is -2.33. The van der Waals surface area contributed by atoms with Gasteiger partial charge in [-0.2, -0.15) is 0 Å². The number of hydrogen-bond acceptors (Lipinski definition) is 3. The van der Waals surface area contributed by atoms with E-state index in [0.29, 0.717) is 31.7 Å². The predicted molar refractivity (Wildman–Crippen MR) is 80.8 cm³/mol. The van der Waals surface area contributed by atoms with E-state index in [-0.39, 0.29) is 17.6 Å². The zero-order valence-electron chi connectivity index (χ0n) is 12.7. The average molecular weight is 306 g/mol. The molecule has 0 radical (unpaired) electrons. The van der Waals surface area contributed by atoms with E-state index in [1.54, 1.807) is 21.9 Å². The monoisotopic (exact) mass is 306 g/mol. The molecule has 0 bridgehead atoms. The summed E-state index contributed by atoms with van der Waals surface area (Å²) >= 11 is 0. The van der Waals surface area contributed by atoms with Crippen LogP contribution in [0.25, 0.3) is 6.08 Å². The van der Waals surface area contributed by atoms with Crippen LogP contribution in [0.3, 0.4) is 0 Å². The molecule has 0 unspecified atom stereocenters. The van der Waals surface area contributed by atoms with E-state index >= 15 is 0 Å². The van der Waals surface area contributed by atoms with E-state index in [1.807, 2.05) is 0 Å². The van der Waals surface area contributed by atoms with E-state index < -0.39 is 5.82 Å². The second-order valence-electron chi connectivity index (χ2n) is 5.06. The van der Waals surface area contributed by atoms with Crippen LogP contribution in [0.4, 0.5) is 4.39 Å². The van der Waals surface area contributed by atoms with Crippen molar-refractivity contribution in [3.05, 3.63) is 35.7 Å². The minimum atomic E-state index is -0.466. The highest BCUT2D eigenvalue weighted by Crippen LogP contribution is 2.18. The van der Waals surface area contributed by atoms with Gasteiger partial charge in [0.2, 0.25) is 11.8 Å². The maximum Gasteiger partial charge on any atom is 0.246 e. The maximum absolute atomic E-state index is 13.6. The van der Waals surface area contributed by atoms with Gasteiger partial charge in [-0.25, -0.2) is 4.39 Å². The molecule has 0 spiro atoms. The van der Waals surface area contributed by atoms with Gasteiger partial charge in [-0.15, -0.1) is 0 Å². The van der Waals surface area contributed by atoms with Crippen LogP contribution in [0.2, 0.25) is 0 Å². The number of hydrogen-bond donors (Lipinski definition) is 0. The molecule has 2 amide bonds. The third-order valence-corrected chi connectivity index (χ3v) is 3.63. The smallest absolute Gasteiger partial charge is 0.246 e. The fraction of sp³-hybridized carbons (Fsp3) is 0.375. The molecule has 1 heterocycles. The molecule has 1 aliphatic heterocycles. The van der Waals surface area contributed by atoms with Gasteiger partial charge in [0.25, 0.3) is 0 Å². The molecule has 1 aromatic rings. The number of carbonyl (C=O) groups excluding carboxylic acids is 2. The van der Waals surface area contributed by atoms with Crippen molar-refractivity contribution >= 4 is 17.9 Å². The van der Waals surface area contributed by atoms with Gasteiger partial charge in [-0.3, -0.25) is 9.59 Å². The van der Waals surface area contributed by atoms with E-state index in [1.165, 1.54) is 32.2 Å². The van der Waals surface area contributed by atoms with Crippen LogP contribution in [-0.2, 0) is 9.59 Å². The lowest BCUT2D eigenvalue weighted by molar-refractivity contribution is -0.135. The number of carbonyl (C=O) groups is 2. The van der Waals surface area contributed by atoms with Crippen molar-refractivity contribution in [2.45, 2.75) is 6.92 Å². The summed E-state index contributed by atoms with van der Waals surface area (Å²) in [6.45, 7) is 3.65. The Balaban J connectivity index is 1.94. The molecule has 118 valence electrons. The van der Waals surface area contributed by atoms with Crippen molar-refractivity contribution in [3.8, 4) is 5.75 Å².